The number of hydrogen-bond donors (Lipinski definition) is 2. The zero-order valence-corrected chi connectivity index (χ0v) is 11.4. The van der Waals surface area contributed by atoms with Crippen molar-refractivity contribution in [1.29, 1.82) is 0 Å². The summed E-state index contributed by atoms with van der Waals surface area (Å²) in [4.78, 5) is 12.0. The number of halogens is 1. The fraction of sp³-hybridized carbons (Fsp3) is 0.923. The van der Waals surface area contributed by atoms with Crippen LogP contribution in [0.2, 0.25) is 0 Å². The van der Waals surface area contributed by atoms with Gasteiger partial charge in [0.2, 0.25) is 5.91 Å². The number of piperidine rings is 1. The van der Waals surface area contributed by atoms with Gasteiger partial charge in [0, 0.05) is 12.6 Å². The summed E-state index contributed by atoms with van der Waals surface area (Å²) in [7, 11) is 0. The van der Waals surface area contributed by atoms with Gasteiger partial charge in [-0.3, -0.25) is 4.79 Å². The van der Waals surface area contributed by atoms with Crippen LogP contribution in [0.1, 0.15) is 51.4 Å². The molecule has 2 N–H and O–H groups in total. The standard InChI is InChI=1S/C13H24N2O.ClH/c16-13(11-6-5-9-14-10-11)15-12-7-3-1-2-4-8-12;/h11-12,14H,1-10H2,(H,15,16);1H/t11-;/m1./s1. The van der Waals surface area contributed by atoms with Gasteiger partial charge in [-0.1, -0.05) is 25.7 Å². The molecule has 0 bridgehead atoms. The van der Waals surface area contributed by atoms with E-state index in [-0.39, 0.29) is 18.3 Å². The highest BCUT2D eigenvalue weighted by Gasteiger charge is 2.23. The maximum absolute atomic E-state index is 12.0. The van der Waals surface area contributed by atoms with E-state index < -0.39 is 0 Å². The van der Waals surface area contributed by atoms with Gasteiger partial charge in [0.15, 0.2) is 0 Å². The first-order valence-corrected chi connectivity index (χ1v) is 6.87. The molecule has 0 unspecified atom stereocenters. The second-order valence-corrected chi connectivity index (χ2v) is 5.24. The highest BCUT2D eigenvalue weighted by Crippen LogP contribution is 2.18. The lowest BCUT2D eigenvalue weighted by Crippen LogP contribution is -2.44. The van der Waals surface area contributed by atoms with Crippen LogP contribution in [0, 0.1) is 5.92 Å². The molecule has 2 rings (SSSR count). The second-order valence-electron chi connectivity index (χ2n) is 5.24. The second kappa shape index (κ2) is 7.93. The molecule has 4 heteroatoms. The van der Waals surface area contributed by atoms with Crippen LogP contribution in [0.5, 0.6) is 0 Å². The van der Waals surface area contributed by atoms with Crippen molar-refractivity contribution < 1.29 is 4.79 Å². The quantitative estimate of drug-likeness (QED) is 0.748. The van der Waals surface area contributed by atoms with Crippen molar-refractivity contribution >= 4 is 18.3 Å². The van der Waals surface area contributed by atoms with E-state index >= 15 is 0 Å². The minimum absolute atomic E-state index is 0. The van der Waals surface area contributed by atoms with Crippen LogP contribution >= 0.6 is 12.4 Å². The van der Waals surface area contributed by atoms with Crippen LogP contribution in [0.4, 0.5) is 0 Å². The average Bonchev–Trinajstić information content (AvgIpc) is 2.59. The maximum atomic E-state index is 12.0. The van der Waals surface area contributed by atoms with Gasteiger partial charge in [0.1, 0.15) is 0 Å². The van der Waals surface area contributed by atoms with Crippen LogP contribution in [0.25, 0.3) is 0 Å². The van der Waals surface area contributed by atoms with Crippen LogP contribution in [-0.4, -0.2) is 25.0 Å². The minimum atomic E-state index is 0. The molecule has 1 aliphatic heterocycles. The van der Waals surface area contributed by atoms with Crippen molar-refractivity contribution in [1.82, 2.24) is 10.6 Å². The molecular formula is C13H25ClN2O. The zero-order chi connectivity index (χ0) is 11.2. The molecule has 1 aliphatic carbocycles. The van der Waals surface area contributed by atoms with Gasteiger partial charge in [-0.25, -0.2) is 0 Å². The molecule has 1 saturated heterocycles. The van der Waals surface area contributed by atoms with Gasteiger partial charge in [0.05, 0.1) is 5.92 Å². The molecule has 3 nitrogen and oxygen atoms in total. The van der Waals surface area contributed by atoms with E-state index in [0.29, 0.717) is 11.9 Å². The summed E-state index contributed by atoms with van der Waals surface area (Å²) in [5.74, 6) is 0.510. The summed E-state index contributed by atoms with van der Waals surface area (Å²) < 4.78 is 0. The van der Waals surface area contributed by atoms with Gasteiger partial charge in [-0.05, 0) is 32.2 Å². The topological polar surface area (TPSA) is 41.1 Å². The maximum Gasteiger partial charge on any atom is 0.224 e. The fourth-order valence-electron chi connectivity index (χ4n) is 2.82. The molecule has 1 amide bonds. The first kappa shape index (κ1) is 14.8. The van der Waals surface area contributed by atoms with E-state index in [1.54, 1.807) is 0 Å². The summed E-state index contributed by atoms with van der Waals surface area (Å²) in [5, 5.41) is 6.55. The Hall–Kier alpha value is -0.280. The van der Waals surface area contributed by atoms with Crippen molar-refractivity contribution in [2.45, 2.75) is 57.4 Å². The molecule has 2 fully saturated rings. The molecule has 17 heavy (non-hydrogen) atoms. The van der Waals surface area contributed by atoms with Crippen LogP contribution < -0.4 is 10.6 Å². The first-order valence-electron chi connectivity index (χ1n) is 6.87. The number of carbonyl (C=O) groups excluding carboxylic acids is 1. The summed E-state index contributed by atoms with van der Waals surface area (Å²) >= 11 is 0. The molecule has 1 atom stereocenters. The Balaban J connectivity index is 0.00000144. The third-order valence-corrected chi connectivity index (χ3v) is 3.87. The predicted molar refractivity (Wildman–Crippen MR) is 72.5 cm³/mol. The van der Waals surface area contributed by atoms with E-state index in [4.69, 9.17) is 0 Å². The average molecular weight is 261 g/mol. The number of nitrogens with one attached hydrogen (secondary N) is 2. The predicted octanol–water partition coefficient (Wildman–Crippen LogP) is 2.25. The molecule has 0 radical (unpaired) electrons. The molecule has 0 aromatic rings. The summed E-state index contributed by atoms with van der Waals surface area (Å²) in [6.07, 6.45) is 9.84. The van der Waals surface area contributed by atoms with Crippen LogP contribution in [-0.2, 0) is 4.79 Å². The molecule has 2 aliphatic rings. The Bertz CT molecular complexity index is 221. The van der Waals surface area contributed by atoms with Gasteiger partial charge < -0.3 is 10.6 Å². The highest BCUT2D eigenvalue weighted by molar-refractivity contribution is 5.85. The summed E-state index contributed by atoms with van der Waals surface area (Å²) in [6.45, 7) is 1.95. The van der Waals surface area contributed by atoms with Crippen LogP contribution in [0.15, 0.2) is 0 Å². The van der Waals surface area contributed by atoms with Crippen molar-refractivity contribution in [3.63, 3.8) is 0 Å². The Kier molecular flexibility index (Phi) is 6.90. The third kappa shape index (κ3) is 4.84. The largest absolute Gasteiger partial charge is 0.353 e. The third-order valence-electron chi connectivity index (χ3n) is 3.87. The van der Waals surface area contributed by atoms with Gasteiger partial charge >= 0.3 is 0 Å². The smallest absolute Gasteiger partial charge is 0.224 e. The molecule has 0 aromatic carbocycles. The van der Waals surface area contributed by atoms with Gasteiger partial charge in [-0.2, -0.15) is 0 Å². The molecule has 0 spiro atoms. The SMILES string of the molecule is Cl.O=C(NC1CCCCCC1)[C@@H]1CCCNC1. The normalized spacial score (nSPS) is 26.7. The Morgan fingerprint density at radius 1 is 1.00 bits per heavy atom. The van der Waals surface area contributed by atoms with E-state index in [1.165, 1.54) is 38.5 Å². The minimum Gasteiger partial charge on any atom is -0.353 e. The molecule has 1 heterocycles. The Labute approximate surface area is 111 Å². The lowest BCUT2D eigenvalue weighted by molar-refractivity contribution is -0.126. The van der Waals surface area contributed by atoms with E-state index in [2.05, 4.69) is 10.6 Å². The lowest BCUT2D eigenvalue weighted by atomic mass is 9.98. The summed E-state index contributed by atoms with van der Waals surface area (Å²) in [5.41, 5.74) is 0. The van der Waals surface area contributed by atoms with Gasteiger partial charge in [0.25, 0.3) is 0 Å². The molecule has 100 valence electrons. The monoisotopic (exact) mass is 260 g/mol. The summed E-state index contributed by atoms with van der Waals surface area (Å²) in [6, 6.07) is 0.455. The van der Waals surface area contributed by atoms with Crippen molar-refractivity contribution in [3.8, 4) is 0 Å². The van der Waals surface area contributed by atoms with E-state index in [0.717, 1.165) is 25.9 Å². The highest BCUT2D eigenvalue weighted by atomic mass is 35.5. The first-order chi connectivity index (χ1) is 7.86. The van der Waals surface area contributed by atoms with Crippen LogP contribution in [0.3, 0.4) is 0 Å². The number of amides is 1. The molecule has 1 saturated carbocycles. The lowest BCUT2D eigenvalue weighted by Gasteiger charge is -2.25. The molecule has 0 aromatic heterocycles. The Morgan fingerprint density at radius 3 is 2.29 bits per heavy atom. The Morgan fingerprint density at radius 2 is 1.71 bits per heavy atom. The zero-order valence-electron chi connectivity index (χ0n) is 10.5. The number of rotatable bonds is 2. The van der Waals surface area contributed by atoms with Gasteiger partial charge in [-0.15, -0.1) is 12.4 Å². The number of hydrogen-bond acceptors (Lipinski definition) is 2. The molecular weight excluding hydrogens is 236 g/mol. The van der Waals surface area contributed by atoms with Crippen molar-refractivity contribution in [2.24, 2.45) is 5.92 Å². The fourth-order valence-corrected chi connectivity index (χ4v) is 2.82. The van der Waals surface area contributed by atoms with E-state index in [1.807, 2.05) is 0 Å². The van der Waals surface area contributed by atoms with E-state index in [9.17, 15) is 4.79 Å². The van der Waals surface area contributed by atoms with Crippen molar-refractivity contribution in [2.75, 3.05) is 13.1 Å². The number of carbonyl (C=O) groups is 1. The van der Waals surface area contributed by atoms with Crippen molar-refractivity contribution in [3.05, 3.63) is 0 Å².